The molecule has 12 heteroatoms. The average Bonchev–Trinajstić information content (AvgIpc) is 3.21. The fourth-order valence-corrected chi connectivity index (χ4v) is 3.89. The van der Waals surface area contributed by atoms with Crippen molar-refractivity contribution in [3.8, 4) is 0 Å². The van der Waals surface area contributed by atoms with Crippen LogP contribution in [0.4, 0.5) is 10.2 Å². The molecule has 4 N–H and O–H groups in total. The van der Waals surface area contributed by atoms with Gasteiger partial charge in [-0.05, 0) is 36.9 Å². The van der Waals surface area contributed by atoms with E-state index < -0.39 is 95.7 Å². The Labute approximate surface area is 233 Å². The van der Waals surface area contributed by atoms with E-state index in [-0.39, 0.29) is 22.2 Å². The highest BCUT2D eigenvalue weighted by Crippen LogP contribution is 2.44. The molecule has 0 saturated heterocycles. The maximum absolute atomic E-state index is 14.4. The second kappa shape index (κ2) is 10.5. The highest BCUT2D eigenvalue weighted by atomic mass is 32.2. The van der Waals surface area contributed by atoms with Gasteiger partial charge in [0.15, 0.2) is 22.1 Å². The van der Waals surface area contributed by atoms with E-state index in [9.17, 15) is 19.7 Å². The van der Waals surface area contributed by atoms with Crippen LogP contribution in [0.5, 0.6) is 0 Å². The lowest BCUT2D eigenvalue weighted by atomic mass is 10.1. The highest BCUT2D eigenvalue weighted by Gasteiger charge is 2.45. The van der Waals surface area contributed by atoms with Crippen LogP contribution in [0.3, 0.4) is 0 Å². The van der Waals surface area contributed by atoms with Crippen LogP contribution in [-0.4, -0.2) is 83.4 Å². The van der Waals surface area contributed by atoms with Crippen molar-refractivity contribution in [3.63, 3.8) is 0 Å². The summed E-state index contributed by atoms with van der Waals surface area (Å²) in [6, 6.07) is -2.50. The summed E-state index contributed by atoms with van der Waals surface area (Å²) in [4.78, 5) is 8.20. The zero-order chi connectivity index (χ0) is 39.0. The molecule has 2 fully saturated rings. The van der Waals surface area contributed by atoms with Gasteiger partial charge in [-0.1, -0.05) is 36.0 Å². The second-order valence-corrected chi connectivity index (χ2v) is 8.43. The van der Waals surface area contributed by atoms with Crippen molar-refractivity contribution in [2.24, 2.45) is 0 Å². The molecule has 2 aliphatic rings. The molecular weight excluding hydrogens is 487 g/mol. The van der Waals surface area contributed by atoms with Crippen LogP contribution in [0, 0.1) is 12.7 Å². The summed E-state index contributed by atoms with van der Waals surface area (Å²) in [5, 5.41) is 41.3. The fourth-order valence-electron chi connectivity index (χ4n) is 3.35. The van der Waals surface area contributed by atoms with Crippen LogP contribution in [0.1, 0.15) is 69.7 Å². The van der Waals surface area contributed by atoms with Gasteiger partial charge in [0.1, 0.15) is 18.0 Å². The standard InChI is InChI=1S/C24H31FN6O4S/c1-3-8-36-24-27-22(26-16-10-14(16)13-5-4-12(2)15(25)9-13)19-23(28-24)31(30-29-19)17-11-18(35-7-6-32)21(34)20(17)33/h4-5,9,14,16-18,20-21,32-34H,3,6-8,10-11H2,1-2H3,(H,26,27,28)/t14-,16+,17+,18-,20-,21+/m0/s1/i6D2,7D2,8D2,10D2,11D2,16D,17D,18D,20D,21D. The molecule has 194 valence electrons. The third-order valence-corrected chi connectivity index (χ3v) is 5.98. The van der Waals surface area contributed by atoms with Gasteiger partial charge in [0.05, 0.1) is 37.6 Å². The number of nitrogens with one attached hydrogen (secondary N) is 1. The molecule has 0 radical (unpaired) electrons. The number of anilines is 1. The third kappa shape index (κ3) is 4.92. The second-order valence-electron chi connectivity index (χ2n) is 7.57. The number of nitrogens with zero attached hydrogens (tertiary/aromatic N) is 5. The quantitative estimate of drug-likeness (QED) is 0.227. The molecule has 6 atom stereocenters. The van der Waals surface area contributed by atoms with Crippen molar-refractivity contribution in [2.45, 2.75) is 74.4 Å². The minimum absolute atomic E-state index is 0.00107. The summed E-state index contributed by atoms with van der Waals surface area (Å²) < 4.78 is 143. The number of fused-ring (bicyclic) bond motifs is 1. The molecule has 0 amide bonds. The number of hydrogen-bond acceptors (Lipinski definition) is 10. The molecule has 3 aromatic rings. The predicted octanol–water partition coefficient (Wildman–Crippen LogP) is 2.18. The molecule has 0 spiro atoms. The van der Waals surface area contributed by atoms with Gasteiger partial charge in [0.2, 0.25) is 0 Å². The molecule has 0 unspecified atom stereocenters. The zero-order valence-corrected chi connectivity index (χ0v) is 19.6. The number of thioether (sulfide) groups is 1. The molecule has 5 rings (SSSR count). The van der Waals surface area contributed by atoms with Crippen molar-refractivity contribution < 1.29 is 45.0 Å². The first-order valence-electron chi connectivity index (χ1n) is 18.1. The van der Waals surface area contributed by atoms with E-state index in [1.165, 1.54) is 26.0 Å². The number of hydrogen-bond donors (Lipinski definition) is 4. The first-order chi connectivity index (χ1) is 22.8. The van der Waals surface area contributed by atoms with Crippen molar-refractivity contribution in [2.75, 3.05) is 24.1 Å². The van der Waals surface area contributed by atoms with Crippen LogP contribution in [-0.2, 0) is 4.74 Å². The highest BCUT2D eigenvalue weighted by molar-refractivity contribution is 7.99. The normalized spacial score (nSPS) is 47.9. The van der Waals surface area contributed by atoms with E-state index in [0.29, 0.717) is 11.8 Å². The van der Waals surface area contributed by atoms with Crippen LogP contribution < -0.4 is 5.32 Å². The number of benzene rings is 1. The molecule has 1 aromatic carbocycles. The van der Waals surface area contributed by atoms with Crippen molar-refractivity contribution in [1.29, 1.82) is 0 Å². The molecule has 0 aliphatic heterocycles. The topological polar surface area (TPSA) is 138 Å². The van der Waals surface area contributed by atoms with Gasteiger partial charge >= 0.3 is 0 Å². The number of aromatic nitrogens is 5. The Morgan fingerprint density at radius 3 is 2.92 bits per heavy atom. The van der Waals surface area contributed by atoms with Crippen molar-refractivity contribution in [1.82, 2.24) is 25.0 Å². The van der Waals surface area contributed by atoms with Gasteiger partial charge in [-0.25, -0.2) is 19.0 Å². The van der Waals surface area contributed by atoms with Crippen LogP contribution >= 0.6 is 11.8 Å². The van der Waals surface area contributed by atoms with Crippen LogP contribution in [0.2, 0.25) is 0 Å². The number of aliphatic hydroxyl groups is 3. The molecule has 2 aliphatic carbocycles. The van der Waals surface area contributed by atoms with Gasteiger partial charge < -0.3 is 25.4 Å². The monoisotopic (exact) mass is 533 g/mol. The third-order valence-electron chi connectivity index (χ3n) is 5.18. The Morgan fingerprint density at radius 2 is 2.17 bits per heavy atom. The first kappa shape index (κ1) is 12.9. The average molecular weight is 534 g/mol. The largest absolute Gasteiger partial charge is 0.394 e. The maximum Gasteiger partial charge on any atom is 0.191 e. The molecule has 2 heterocycles. The van der Waals surface area contributed by atoms with E-state index in [2.05, 4.69) is 30.3 Å². The van der Waals surface area contributed by atoms with E-state index in [1.807, 2.05) is 0 Å². The van der Waals surface area contributed by atoms with Crippen molar-refractivity contribution >= 4 is 28.7 Å². The SMILES string of the molecule is [2H]C([2H])(CC)Sc1nc(N[C@@]2([2H])[C@H](c3ccc(C)c(F)c3)C2([2H])[2H])c2nnn([C@]3([2H])C([2H])([2H])[C@]([2H])(OC([2H])([2H])C([2H])([2H])O)[C@@]([2H])(O)[C@@]3([2H])O)c2n1. The Bertz CT molecular complexity index is 1900. The molecule has 0 bridgehead atoms. The number of ether oxygens (including phenoxy) is 1. The van der Waals surface area contributed by atoms with E-state index in [4.69, 9.17) is 20.6 Å². The Hall–Kier alpha value is -2.38. The smallest absolute Gasteiger partial charge is 0.191 e. The van der Waals surface area contributed by atoms with Gasteiger partial charge in [0.25, 0.3) is 0 Å². The van der Waals surface area contributed by atoms with Gasteiger partial charge in [-0.2, -0.15) is 0 Å². The lowest BCUT2D eigenvalue weighted by Gasteiger charge is -2.17. The summed E-state index contributed by atoms with van der Waals surface area (Å²) in [5.74, 6) is -2.60. The Morgan fingerprint density at radius 1 is 1.33 bits per heavy atom. The van der Waals surface area contributed by atoms with Crippen molar-refractivity contribution in [3.05, 3.63) is 35.1 Å². The van der Waals surface area contributed by atoms with E-state index in [1.54, 1.807) is 0 Å². The molecule has 2 aromatic heterocycles. The Balaban J connectivity index is 1.73. The maximum atomic E-state index is 14.4. The molecule has 36 heavy (non-hydrogen) atoms. The lowest BCUT2D eigenvalue weighted by Crippen LogP contribution is -2.33. The fraction of sp³-hybridized carbons (Fsp3) is 0.583. The number of halogens is 1. The Kier molecular flexibility index (Phi) is 3.78. The number of rotatable bonds is 10. The minimum atomic E-state index is -4.39. The molecular formula is C24H31FN6O4S. The molecule has 2 saturated carbocycles. The van der Waals surface area contributed by atoms with E-state index in [0.717, 1.165) is 6.07 Å². The summed E-state index contributed by atoms with van der Waals surface area (Å²) in [6.07, 6.45) is -19.8. The summed E-state index contributed by atoms with van der Waals surface area (Å²) >= 11 is 0.352. The summed E-state index contributed by atoms with van der Waals surface area (Å²) in [6.45, 7) is -5.20. The van der Waals surface area contributed by atoms with Gasteiger partial charge in [0, 0.05) is 32.2 Å². The first-order valence-corrected chi connectivity index (χ1v) is 11.4. The van der Waals surface area contributed by atoms with E-state index >= 15 is 0 Å². The number of aryl methyl sites for hydroxylation is 1. The predicted molar refractivity (Wildman–Crippen MR) is 133 cm³/mol. The molecule has 10 nitrogen and oxygen atoms in total. The zero-order valence-electron chi connectivity index (χ0n) is 33.8. The minimum Gasteiger partial charge on any atom is -0.394 e. The van der Waals surface area contributed by atoms with Gasteiger partial charge in [-0.3, -0.25) is 0 Å². The van der Waals surface area contributed by atoms with Crippen LogP contribution in [0.15, 0.2) is 23.4 Å². The van der Waals surface area contributed by atoms with Crippen LogP contribution in [0.25, 0.3) is 11.2 Å². The van der Waals surface area contributed by atoms with Gasteiger partial charge in [-0.15, -0.1) is 5.10 Å². The summed E-state index contributed by atoms with van der Waals surface area (Å²) in [7, 11) is 0. The lowest BCUT2D eigenvalue weighted by molar-refractivity contribution is -0.0629. The summed E-state index contributed by atoms with van der Waals surface area (Å²) in [5.41, 5.74) is -3.28.